The molecule has 168 valence electrons. The van der Waals surface area contributed by atoms with Gasteiger partial charge >= 0.3 is 0 Å². The lowest BCUT2D eigenvalue weighted by molar-refractivity contribution is -0.140. The molecular weight excluding hydrogens is 404 g/mol. The van der Waals surface area contributed by atoms with Crippen molar-refractivity contribution in [2.75, 3.05) is 26.2 Å². The second kappa shape index (κ2) is 8.76. The Morgan fingerprint density at radius 3 is 2.62 bits per heavy atom. The van der Waals surface area contributed by atoms with Crippen molar-refractivity contribution in [1.82, 2.24) is 25.5 Å². The molecule has 1 aromatic carbocycles. The first-order valence-corrected chi connectivity index (χ1v) is 11.6. The SMILES string of the molecule is CCNC(=NCCCN1C(=O)C2C3C=CC(C3)C2C1=O)NCCc1nc2ccccc2[nH]1. The van der Waals surface area contributed by atoms with Crippen LogP contribution in [-0.2, 0) is 16.0 Å². The molecule has 3 N–H and O–H groups in total. The van der Waals surface area contributed by atoms with Crippen LogP contribution in [0.1, 0.15) is 25.6 Å². The maximum atomic E-state index is 12.8. The number of amides is 2. The number of imidazole rings is 1. The molecule has 32 heavy (non-hydrogen) atoms. The zero-order valence-corrected chi connectivity index (χ0v) is 18.4. The first kappa shape index (κ1) is 20.7. The topological polar surface area (TPSA) is 102 Å². The number of benzene rings is 1. The molecule has 2 heterocycles. The van der Waals surface area contributed by atoms with Gasteiger partial charge in [-0.3, -0.25) is 19.5 Å². The molecular formula is C24H30N6O2. The van der Waals surface area contributed by atoms with Gasteiger partial charge in [-0.25, -0.2) is 4.98 Å². The standard InChI is InChI=1S/C24H30N6O2/c1-2-25-24(27-12-10-19-28-17-6-3-4-7-18(17)29-19)26-11-5-13-30-22(31)20-15-8-9-16(14-15)21(20)23(30)32/h3-4,6-9,15-16,20-21H,2,5,10-14H2,1H3,(H,28,29)(H2,25,26,27). The second-order valence-electron chi connectivity index (χ2n) is 8.82. The summed E-state index contributed by atoms with van der Waals surface area (Å²) < 4.78 is 0. The molecule has 2 aliphatic carbocycles. The number of likely N-dealkylation sites (tertiary alicyclic amines) is 1. The number of fused-ring (bicyclic) bond motifs is 6. The van der Waals surface area contributed by atoms with Gasteiger partial charge in [-0.05, 0) is 43.7 Å². The van der Waals surface area contributed by atoms with E-state index >= 15 is 0 Å². The molecule has 1 aliphatic heterocycles. The Bertz CT molecular complexity index is 1010. The Kier molecular flexibility index (Phi) is 5.68. The average Bonchev–Trinajstić information content (AvgIpc) is 3.55. The number of imide groups is 1. The number of nitrogens with zero attached hydrogens (tertiary/aromatic N) is 3. The van der Waals surface area contributed by atoms with Crippen molar-refractivity contribution in [3.8, 4) is 0 Å². The van der Waals surface area contributed by atoms with E-state index < -0.39 is 0 Å². The van der Waals surface area contributed by atoms with Gasteiger partial charge in [0.15, 0.2) is 5.96 Å². The molecule has 8 nitrogen and oxygen atoms in total. The van der Waals surface area contributed by atoms with Crippen LogP contribution in [0.2, 0.25) is 0 Å². The second-order valence-corrected chi connectivity index (χ2v) is 8.82. The van der Waals surface area contributed by atoms with Gasteiger partial charge in [-0.2, -0.15) is 0 Å². The Morgan fingerprint density at radius 2 is 1.91 bits per heavy atom. The minimum Gasteiger partial charge on any atom is -0.357 e. The van der Waals surface area contributed by atoms with Crippen LogP contribution in [-0.4, -0.2) is 58.8 Å². The summed E-state index contributed by atoms with van der Waals surface area (Å²) in [5.41, 5.74) is 2.02. The lowest BCUT2D eigenvalue weighted by Crippen LogP contribution is -2.38. The van der Waals surface area contributed by atoms with E-state index in [4.69, 9.17) is 0 Å². The maximum Gasteiger partial charge on any atom is 0.233 e. The molecule has 0 radical (unpaired) electrons. The number of rotatable bonds is 8. The summed E-state index contributed by atoms with van der Waals surface area (Å²) >= 11 is 0. The van der Waals surface area contributed by atoms with Gasteiger partial charge in [-0.15, -0.1) is 0 Å². The number of aromatic amines is 1. The predicted octanol–water partition coefficient (Wildman–Crippen LogP) is 1.86. The van der Waals surface area contributed by atoms with Crippen molar-refractivity contribution in [2.45, 2.75) is 26.2 Å². The summed E-state index contributed by atoms with van der Waals surface area (Å²) in [6.45, 7) is 4.50. The summed E-state index contributed by atoms with van der Waals surface area (Å²) in [6.07, 6.45) is 6.65. The zero-order valence-electron chi connectivity index (χ0n) is 18.4. The molecule has 1 saturated heterocycles. The summed E-state index contributed by atoms with van der Waals surface area (Å²) in [6, 6.07) is 8.00. The molecule has 4 atom stereocenters. The van der Waals surface area contributed by atoms with Gasteiger partial charge in [0.05, 0.1) is 22.9 Å². The van der Waals surface area contributed by atoms with Gasteiger partial charge in [0.25, 0.3) is 0 Å². The fraction of sp³-hybridized carbons (Fsp3) is 0.500. The number of para-hydroxylation sites is 2. The van der Waals surface area contributed by atoms with E-state index in [-0.39, 0.29) is 35.5 Å². The highest BCUT2D eigenvalue weighted by atomic mass is 16.2. The minimum absolute atomic E-state index is 0.0247. The minimum atomic E-state index is -0.113. The van der Waals surface area contributed by atoms with Crippen LogP contribution in [0, 0.1) is 23.7 Å². The van der Waals surface area contributed by atoms with E-state index in [0.29, 0.717) is 26.1 Å². The van der Waals surface area contributed by atoms with E-state index in [0.717, 1.165) is 42.2 Å². The fourth-order valence-electron chi connectivity index (χ4n) is 5.37. The molecule has 0 spiro atoms. The molecule has 5 rings (SSSR count). The first-order valence-electron chi connectivity index (χ1n) is 11.6. The largest absolute Gasteiger partial charge is 0.357 e. The van der Waals surface area contributed by atoms with Crippen molar-refractivity contribution in [1.29, 1.82) is 0 Å². The average molecular weight is 435 g/mol. The summed E-state index contributed by atoms with van der Waals surface area (Å²) in [7, 11) is 0. The van der Waals surface area contributed by atoms with Gasteiger partial charge < -0.3 is 15.6 Å². The third-order valence-electron chi connectivity index (χ3n) is 6.81. The van der Waals surface area contributed by atoms with Crippen molar-refractivity contribution in [3.05, 3.63) is 42.2 Å². The van der Waals surface area contributed by atoms with Gasteiger partial charge in [0.2, 0.25) is 11.8 Å². The highest BCUT2D eigenvalue weighted by molar-refractivity contribution is 6.06. The molecule has 3 aliphatic rings. The number of aliphatic imine (C=N–C) groups is 1. The zero-order chi connectivity index (χ0) is 22.1. The molecule has 2 bridgehead atoms. The Hall–Kier alpha value is -3.16. The van der Waals surface area contributed by atoms with Crippen LogP contribution in [0.5, 0.6) is 0 Å². The Labute approximate surface area is 187 Å². The van der Waals surface area contributed by atoms with Gasteiger partial charge in [0.1, 0.15) is 5.82 Å². The molecule has 1 aromatic heterocycles. The summed E-state index contributed by atoms with van der Waals surface area (Å²) in [5.74, 6) is 2.03. The van der Waals surface area contributed by atoms with Crippen molar-refractivity contribution in [3.63, 3.8) is 0 Å². The fourth-order valence-corrected chi connectivity index (χ4v) is 5.37. The van der Waals surface area contributed by atoms with Crippen LogP contribution in [0.3, 0.4) is 0 Å². The first-order chi connectivity index (χ1) is 15.7. The van der Waals surface area contributed by atoms with Gasteiger partial charge in [-0.1, -0.05) is 24.3 Å². The number of carbonyl (C=O) groups is 2. The van der Waals surface area contributed by atoms with E-state index in [1.807, 2.05) is 31.2 Å². The highest BCUT2D eigenvalue weighted by Gasteiger charge is 2.58. The van der Waals surface area contributed by atoms with Crippen LogP contribution < -0.4 is 10.6 Å². The monoisotopic (exact) mass is 434 g/mol. The van der Waals surface area contributed by atoms with Crippen molar-refractivity contribution in [2.24, 2.45) is 28.7 Å². The molecule has 2 amide bonds. The number of nitrogens with one attached hydrogen (secondary N) is 3. The number of allylic oxidation sites excluding steroid dienone is 2. The summed E-state index contributed by atoms with van der Waals surface area (Å²) in [4.78, 5) is 39.6. The highest BCUT2D eigenvalue weighted by Crippen LogP contribution is 2.52. The van der Waals surface area contributed by atoms with Crippen LogP contribution in [0.25, 0.3) is 11.0 Å². The number of carbonyl (C=O) groups excluding carboxylic acids is 2. The lowest BCUT2D eigenvalue weighted by atomic mass is 9.85. The van der Waals surface area contributed by atoms with Crippen LogP contribution in [0.15, 0.2) is 41.4 Å². The summed E-state index contributed by atoms with van der Waals surface area (Å²) in [5, 5.41) is 6.58. The molecule has 2 fully saturated rings. The van der Waals surface area contributed by atoms with E-state index in [2.05, 4.69) is 37.7 Å². The maximum absolute atomic E-state index is 12.8. The van der Waals surface area contributed by atoms with Crippen LogP contribution >= 0.6 is 0 Å². The number of hydrogen-bond donors (Lipinski definition) is 3. The number of aromatic nitrogens is 2. The van der Waals surface area contributed by atoms with Crippen molar-refractivity contribution < 1.29 is 9.59 Å². The quantitative estimate of drug-likeness (QED) is 0.194. The normalized spacial score (nSPS) is 26.4. The third-order valence-corrected chi connectivity index (χ3v) is 6.81. The Balaban J connectivity index is 1.10. The van der Waals surface area contributed by atoms with E-state index in [9.17, 15) is 9.59 Å². The molecule has 8 heteroatoms. The number of H-pyrrole nitrogens is 1. The van der Waals surface area contributed by atoms with E-state index in [1.54, 1.807) is 0 Å². The third kappa shape index (κ3) is 3.78. The molecule has 1 saturated carbocycles. The van der Waals surface area contributed by atoms with Gasteiger partial charge in [0, 0.05) is 32.6 Å². The lowest BCUT2D eigenvalue weighted by Gasteiger charge is -2.16. The molecule has 4 unspecified atom stereocenters. The number of hydrogen-bond acceptors (Lipinski definition) is 4. The molecule has 2 aromatic rings. The predicted molar refractivity (Wildman–Crippen MR) is 123 cm³/mol. The van der Waals surface area contributed by atoms with E-state index in [1.165, 1.54) is 4.90 Å². The number of guanidine groups is 1. The smallest absolute Gasteiger partial charge is 0.233 e. The van der Waals surface area contributed by atoms with Crippen molar-refractivity contribution >= 4 is 28.8 Å². The Morgan fingerprint density at radius 1 is 1.16 bits per heavy atom. The van der Waals surface area contributed by atoms with Crippen LogP contribution in [0.4, 0.5) is 0 Å².